The molecule has 0 saturated carbocycles. The van der Waals surface area contributed by atoms with Crippen LogP contribution in [0.3, 0.4) is 0 Å². The predicted molar refractivity (Wildman–Crippen MR) is 100 cm³/mol. The molecule has 0 aromatic heterocycles. The molecule has 3 rings (SSSR count). The first-order chi connectivity index (χ1) is 12.6. The van der Waals surface area contributed by atoms with Crippen molar-refractivity contribution in [3.05, 3.63) is 71.4 Å². The van der Waals surface area contributed by atoms with Gasteiger partial charge in [-0.1, -0.05) is 42.5 Å². The molecule has 26 heavy (non-hydrogen) atoms. The zero-order valence-corrected chi connectivity index (χ0v) is 15.2. The van der Waals surface area contributed by atoms with Gasteiger partial charge in [-0.2, -0.15) is 0 Å². The van der Waals surface area contributed by atoms with Crippen LogP contribution in [-0.4, -0.2) is 42.3 Å². The van der Waals surface area contributed by atoms with E-state index in [9.17, 15) is 9.59 Å². The second-order valence-electron chi connectivity index (χ2n) is 6.15. The highest BCUT2D eigenvalue weighted by molar-refractivity contribution is 6.35. The molecule has 1 aliphatic rings. The second kappa shape index (κ2) is 7.44. The molecule has 2 amide bonds. The number of hydrogen-bond acceptors (Lipinski definition) is 4. The Morgan fingerprint density at radius 3 is 2.19 bits per heavy atom. The van der Waals surface area contributed by atoms with E-state index < -0.39 is 0 Å². The zero-order valence-electron chi connectivity index (χ0n) is 15.2. The molecule has 0 bridgehead atoms. The fourth-order valence-electron chi connectivity index (χ4n) is 3.16. The van der Waals surface area contributed by atoms with Crippen molar-refractivity contribution in [3.8, 4) is 5.75 Å². The van der Waals surface area contributed by atoms with E-state index in [1.165, 1.54) is 4.90 Å². The third kappa shape index (κ3) is 3.20. The fraction of sp³-hybridized carbons (Fsp3) is 0.238. The number of ether oxygens (including phenoxy) is 1. The third-order valence-electron chi connectivity index (χ3n) is 4.48. The van der Waals surface area contributed by atoms with Crippen LogP contribution in [0.25, 0.3) is 5.57 Å². The normalized spacial score (nSPS) is 14.2. The summed E-state index contributed by atoms with van der Waals surface area (Å²) in [7, 11) is 3.44. The maximum absolute atomic E-state index is 12.9. The molecule has 0 radical (unpaired) electrons. The molecule has 1 heterocycles. The summed E-state index contributed by atoms with van der Waals surface area (Å²) in [5.74, 6) is 0.206. The molecule has 2 aromatic carbocycles. The maximum atomic E-state index is 12.9. The number of methoxy groups -OCH3 is 1. The Labute approximate surface area is 153 Å². The van der Waals surface area contributed by atoms with Gasteiger partial charge in [-0.25, -0.2) is 0 Å². The maximum Gasteiger partial charge on any atom is 0.277 e. The van der Waals surface area contributed by atoms with Crippen molar-refractivity contribution >= 4 is 17.4 Å². The Kier molecular flexibility index (Phi) is 5.07. The summed E-state index contributed by atoms with van der Waals surface area (Å²) < 4.78 is 5.19. The quantitative estimate of drug-likeness (QED) is 0.752. The molecule has 1 aliphatic heterocycles. The lowest BCUT2D eigenvalue weighted by Gasteiger charge is -2.21. The number of rotatable bonds is 6. The molecule has 134 valence electrons. The van der Waals surface area contributed by atoms with Gasteiger partial charge in [0, 0.05) is 20.1 Å². The molecular formula is C21H22N2O3. The van der Waals surface area contributed by atoms with E-state index in [0.29, 0.717) is 30.1 Å². The Hall–Kier alpha value is -3.08. The predicted octanol–water partition coefficient (Wildman–Crippen LogP) is 2.93. The van der Waals surface area contributed by atoms with Gasteiger partial charge in [0.05, 0.1) is 12.7 Å². The van der Waals surface area contributed by atoms with Crippen molar-refractivity contribution in [1.82, 2.24) is 9.80 Å². The van der Waals surface area contributed by atoms with Crippen LogP contribution in [0.5, 0.6) is 5.75 Å². The van der Waals surface area contributed by atoms with Crippen molar-refractivity contribution in [2.45, 2.75) is 13.5 Å². The van der Waals surface area contributed by atoms with Gasteiger partial charge in [-0.3, -0.25) is 14.5 Å². The molecule has 5 nitrogen and oxygen atoms in total. The Balaban J connectivity index is 2.03. The summed E-state index contributed by atoms with van der Waals surface area (Å²) in [5, 5.41) is 0. The number of amides is 2. The molecular weight excluding hydrogens is 328 g/mol. The number of benzene rings is 2. The Morgan fingerprint density at radius 1 is 0.962 bits per heavy atom. The summed E-state index contributed by atoms with van der Waals surface area (Å²) in [6.45, 7) is 2.70. The smallest absolute Gasteiger partial charge is 0.277 e. The van der Waals surface area contributed by atoms with Crippen molar-refractivity contribution in [2.24, 2.45) is 0 Å². The van der Waals surface area contributed by atoms with Crippen LogP contribution >= 0.6 is 0 Å². The number of carbonyl (C=O) groups excluding carboxylic acids is 2. The van der Waals surface area contributed by atoms with Gasteiger partial charge in [-0.15, -0.1) is 0 Å². The summed E-state index contributed by atoms with van der Waals surface area (Å²) in [4.78, 5) is 28.9. The third-order valence-corrected chi connectivity index (χ3v) is 4.48. The standard InChI is InChI=1S/C21H22N2O3/c1-4-23-20(24)18(16-10-12-17(26-3)13-11-16)19(21(23)25)22(2)14-15-8-6-5-7-9-15/h5-13H,4,14H2,1-3H3. The molecule has 2 aromatic rings. The van der Waals surface area contributed by atoms with E-state index in [1.54, 1.807) is 19.2 Å². The van der Waals surface area contributed by atoms with Gasteiger partial charge >= 0.3 is 0 Å². The number of nitrogens with zero attached hydrogens (tertiary/aromatic N) is 2. The van der Waals surface area contributed by atoms with Crippen LogP contribution in [0.2, 0.25) is 0 Å². The Morgan fingerprint density at radius 2 is 1.62 bits per heavy atom. The zero-order chi connectivity index (χ0) is 18.7. The highest BCUT2D eigenvalue weighted by Crippen LogP contribution is 2.32. The summed E-state index contributed by atoms with van der Waals surface area (Å²) >= 11 is 0. The van der Waals surface area contributed by atoms with E-state index in [1.807, 2.05) is 61.3 Å². The lowest BCUT2D eigenvalue weighted by molar-refractivity contribution is -0.137. The summed E-state index contributed by atoms with van der Waals surface area (Å²) in [6.07, 6.45) is 0. The second-order valence-corrected chi connectivity index (χ2v) is 6.15. The van der Waals surface area contributed by atoms with Crippen LogP contribution in [-0.2, 0) is 16.1 Å². The van der Waals surface area contributed by atoms with Crippen molar-refractivity contribution < 1.29 is 14.3 Å². The molecule has 0 spiro atoms. The van der Waals surface area contributed by atoms with Crippen molar-refractivity contribution in [1.29, 1.82) is 0 Å². The lowest BCUT2D eigenvalue weighted by Crippen LogP contribution is -2.33. The highest BCUT2D eigenvalue weighted by Gasteiger charge is 2.39. The first kappa shape index (κ1) is 17.7. The van der Waals surface area contributed by atoms with E-state index in [-0.39, 0.29) is 11.8 Å². The molecule has 0 N–H and O–H groups in total. The van der Waals surface area contributed by atoms with Gasteiger partial charge in [0.15, 0.2) is 0 Å². The fourth-order valence-corrected chi connectivity index (χ4v) is 3.16. The summed E-state index contributed by atoms with van der Waals surface area (Å²) in [6, 6.07) is 17.1. The molecule has 5 heteroatoms. The topological polar surface area (TPSA) is 49.9 Å². The van der Waals surface area contributed by atoms with Gasteiger partial charge in [0.1, 0.15) is 11.4 Å². The van der Waals surface area contributed by atoms with Crippen molar-refractivity contribution in [2.75, 3.05) is 20.7 Å². The lowest BCUT2D eigenvalue weighted by atomic mass is 10.0. The van der Waals surface area contributed by atoms with E-state index >= 15 is 0 Å². The van der Waals surface area contributed by atoms with Gasteiger partial charge in [0.25, 0.3) is 11.8 Å². The molecule has 0 aliphatic carbocycles. The van der Waals surface area contributed by atoms with Gasteiger partial charge in [-0.05, 0) is 30.2 Å². The van der Waals surface area contributed by atoms with Gasteiger partial charge < -0.3 is 9.64 Å². The van der Waals surface area contributed by atoms with Crippen LogP contribution in [0.1, 0.15) is 18.1 Å². The monoisotopic (exact) mass is 350 g/mol. The summed E-state index contributed by atoms with van der Waals surface area (Å²) in [5.41, 5.74) is 2.67. The van der Waals surface area contributed by atoms with E-state index in [0.717, 1.165) is 11.1 Å². The molecule has 0 saturated heterocycles. The van der Waals surface area contributed by atoms with Crippen LogP contribution < -0.4 is 4.74 Å². The van der Waals surface area contributed by atoms with E-state index in [2.05, 4.69) is 0 Å². The average molecular weight is 350 g/mol. The number of imide groups is 1. The minimum Gasteiger partial charge on any atom is -0.497 e. The molecule has 0 fully saturated rings. The number of hydrogen-bond donors (Lipinski definition) is 0. The van der Waals surface area contributed by atoms with Crippen molar-refractivity contribution in [3.63, 3.8) is 0 Å². The van der Waals surface area contributed by atoms with E-state index in [4.69, 9.17) is 4.74 Å². The highest BCUT2D eigenvalue weighted by atomic mass is 16.5. The largest absolute Gasteiger partial charge is 0.497 e. The van der Waals surface area contributed by atoms with Crippen LogP contribution in [0, 0.1) is 0 Å². The number of carbonyl (C=O) groups is 2. The van der Waals surface area contributed by atoms with Crippen LogP contribution in [0.15, 0.2) is 60.3 Å². The first-order valence-corrected chi connectivity index (χ1v) is 8.56. The van der Waals surface area contributed by atoms with Gasteiger partial charge in [0.2, 0.25) is 0 Å². The average Bonchev–Trinajstić information content (AvgIpc) is 2.92. The number of likely N-dealkylation sites (N-methyl/N-ethyl adjacent to an activating group) is 2. The van der Waals surface area contributed by atoms with Crippen LogP contribution in [0.4, 0.5) is 0 Å². The molecule has 0 unspecified atom stereocenters. The molecule has 0 atom stereocenters. The minimum absolute atomic E-state index is 0.248. The SMILES string of the molecule is CCN1C(=O)C(c2ccc(OC)cc2)=C(N(C)Cc2ccccc2)C1=O. The minimum atomic E-state index is -0.252. The first-order valence-electron chi connectivity index (χ1n) is 8.56. The Bertz CT molecular complexity index is 841.